The summed E-state index contributed by atoms with van der Waals surface area (Å²) >= 11 is 4.31. The SMILES string of the molecule is CCCCC(=O)/C(=C\C(=O)[C@@H](OC(C)=O)[C@H](C)C(=O)N1C(=O)OC[C@@H]1Cc1ccccc1)c1cccc(C)c1.CCCCc1oc([C@@H](OC(C)=O)[C@H](C)C(=O)N2C(=O)OC[C@@H]2Cc2ccccc2)cc1-c1cccc(C)c1.[3H][P+](P)=S. The highest BCUT2D eigenvalue weighted by Crippen LogP contribution is 2.37. The third-order valence-electron chi connectivity index (χ3n) is 13.4. The van der Waals surface area contributed by atoms with Gasteiger partial charge in [-0.1, -0.05) is 147 Å². The van der Waals surface area contributed by atoms with Gasteiger partial charge in [0.25, 0.3) is 0 Å². The number of furan rings is 1. The van der Waals surface area contributed by atoms with Crippen molar-refractivity contribution in [3.05, 3.63) is 161 Å². The molecule has 0 spiro atoms. The highest BCUT2D eigenvalue weighted by Gasteiger charge is 2.45. The van der Waals surface area contributed by atoms with Gasteiger partial charge in [-0.3, -0.25) is 28.8 Å². The van der Waals surface area contributed by atoms with Crippen LogP contribution in [0, 0.1) is 25.7 Å². The van der Waals surface area contributed by atoms with Crippen molar-refractivity contribution in [3.63, 3.8) is 0 Å². The van der Waals surface area contributed by atoms with Gasteiger partial charge in [-0.2, -0.15) is 0 Å². The fourth-order valence-corrected chi connectivity index (χ4v) is 9.41. The van der Waals surface area contributed by atoms with Gasteiger partial charge in [-0.25, -0.2) is 19.4 Å². The third-order valence-corrected chi connectivity index (χ3v) is 13.4. The van der Waals surface area contributed by atoms with Crippen LogP contribution in [0.3, 0.4) is 0 Å². The van der Waals surface area contributed by atoms with E-state index in [1.54, 1.807) is 25.1 Å². The van der Waals surface area contributed by atoms with Crippen LogP contribution in [0.5, 0.6) is 0 Å². The Morgan fingerprint density at radius 2 is 1.24 bits per heavy atom. The first-order chi connectivity index (χ1) is 38.6. The molecule has 0 aliphatic carbocycles. The molecule has 5 aromatic rings. The number of esters is 2. The van der Waals surface area contributed by atoms with E-state index in [0.717, 1.165) is 81.2 Å². The molecule has 424 valence electrons. The number of cyclic esters (lactones) is 2. The van der Waals surface area contributed by atoms with Crippen LogP contribution in [0.1, 0.15) is 119 Å². The quantitative estimate of drug-likeness (QED) is 0.0275. The second kappa shape index (κ2) is 31.7. The largest absolute Gasteiger partial charge is 0.461 e. The fraction of sp³-hybridized carbons (Fsp3) is 0.387. The van der Waals surface area contributed by atoms with Crippen molar-refractivity contribution in [2.75, 3.05) is 13.2 Å². The van der Waals surface area contributed by atoms with E-state index in [9.17, 15) is 38.4 Å². The minimum atomic E-state index is -1.53. The predicted molar refractivity (Wildman–Crippen MR) is 314 cm³/mol. The first kappa shape index (κ1) is 62.2. The molecule has 4 amide bonds. The molecule has 2 aliphatic rings. The van der Waals surface area contributed by atoms with Crippen LogP contribution in [0.15, 0.2) is 126 Å². The average Bonchev–Trinajstić information content (AvgIpc) is 4.29. The molecule has 1 aromatic heterocycles. The first-order valence-electron chi connectivity index (χ1n) is 27.3. The van der Waals surface area contributed by atoms with E-state index in [4.69, 9.17) is 24.6 Å². The molecular weight excluding hydrogens is 1070 g/mol. The van der Waals surface area contributed by atoms with Crippen molar-refractivity contribution in [2.24, 2.45) is 11.8 Å². The maximum atomic E-state index is 13.7. The Kier molecular flexibility index (Phi) is 24.7. The number of ketones is 2. The van der Waals surface area contributed by atoms with Crippen molar-refractivity contribution in [2.45, 2.75) is 131 Å². The number of unbranched alkanes of at least 4 members (excludes halogenated alkanes) is 2. The minimum absolute atomic E-state index is 0.0156. The molecule has 2 unspecified atom stereocenters. The second-order valence-corrected chi connectivity index (χ2v) is 22.6. The molecule has 8 atom stereocenters. The number of nitrogens with zero attached hydrogens (tertiary/aromatic N) is 2. The number of carbonyl (C=O) groups excluding carboxylic acids is 8. The number of aryl methyl sites for hydroxylation is 3. The summed E-state index contributed by atoms with van der Waals surface area (Å²) in [7, 11) is 2.20. The smallest absolute Gasteiger partial charge is 0.416 e. The van der Waals surface area contributed by atoms with Crippen LogP contribution >= 0.6 is 15.9 Å². The maximum Gasteiger partial charge on any atom is 0.416 e. The van der Waals surface area contributed by atoms with E-state index in [-0.39, 0.29) is 31.0 Å². The number of benzene rings is 4. The molecule has 15 nitrogen and oxygen atoms in total. The Balaban J connectivity index is 0.000000279. The minimum Gasteiger partial charge on any atom is -0.461 e. The van der Waals surface area contributed by atoms with E-state index < -0.39 is 84.8 Å². The molecule has 80 heavy (non-hydrogen) atoms. The lowest BCUT2D eigenvalue weighted by molar-refractivity contribution is -0.158. The van der Waals surface area contributed by atoms with Gasteiger partial charge in [0.05, 0.1) is 32.8 Å². The second-order valence-electron chi connectivity index (χ2n) is 19.8. The van der Waals surface area contributed by atoms with Crippen LogP contribution in [0.25, 0.3) is 16.7 Å². The summed E-state index contributed by atoms with van der Waals surface area (Å²) in [6, 6.07) is 35.1. The Morgan fingerprint density at radius 3 is 1.74 bits per heavy atom. The molecule has 0 saturated carbocycles. The van der Waals surface area contributed by atoms with E-state index in [1.165, 1.54) is 13.8 Å². The molecule has 4 aromatic carbocycles. The number of hydrogen-bond donors (Lipinski definition) is 0. The first-order valence-corrected chi connectivity index (χ1v) is 30.3. The number of allylic oxidation sites excluding steroid dienone is 1. The number of ether oxygens (including phenoxy) is 4. The zero-order valence-electron chi connectivity index (χ0n) is 47.7. The Bertz CT molecular complexity index is 3060. The molecule has 2 saturated heterocycles. The Morgan fingerprint density at radius 1 is 0.725 bits per heavy atom. The maximum absolute atomic E-state index is 13.7. The van der Waals surface area contributed by atoms with Crippen LogP contribution in [-0.4, -0.2) is 90.0 Å². The predicted octanol–water partition coefficient (Wildman–Crippen LogP) is 12.2. The van der Waals surface area contributed by atoms with Crippen molar-refractivity contribution >= 4 is 80.8 Å². The van der Waals surface area contributed by atoms with Gasteiger partial charge >= 0.3 is 25.4 Å². The number of amides is 4. The lowest BCUT2D eigenvalue weighted by Gasteiger charge is -2.27. The number of rotatable bonds is 22. The number of hydrogen-bond acceptors (Lipinski definition) is 14. The summed E-state index contributed by atoms with van der Waals surface area (Å²) in [4.78, 5) is 105. The van der Waals surface area contributed by atoms with Gasteiger partial charge in [0, 0.05) is 37.8 Å². The van der Waals surface area contributed by atoms with E-state index in [0.29, 0.717) is 37.0 Å². The standard InChI is InChI=1S/C31H35NO7.C31H35NO6.H2P2S/c1-5-6-15-27(34)26(24-14-10-11-20(2)16-24)18-28(35)29(39-22(4)33)21(3)30(36)32-25(19-38-31(32)37)17-23-12-8-7-9-13-23;1-5-6-15-27-26(24-14-10-11-20(2)16-24)18-28(38-27)29(37-22(4)33)21(3)30(34)32-25(19-36-31(32)35)17-23-12-8-7-9-13-23;1-2-3/h7-14,16,18,21,25,29H,5-6,15,17,19H2,1-4H3;7-14,16,18,21,25,29H,5-6,15,17,19H2,1-4H3;1H2/p+1/b26-18-;;/t2*21-,25-,29-;/m00./s1/i/hT. The van der Waals surface area contributed by atoms with Gasteiger partial charge in [-0.05, 0) is 87.8 Å². The van der Waals surface area contributed by atoms with E-state index in [2.05, 4.69) is 33.7 Å². The van der Waals surface area contributed by atoms with Crippen molar-refractivity contribution in [3.8, 4) is 11.1 Å². The van der Waals surface area contributed by atoms with Crippen LogP contribution in [-0.2, 0) is 78.8 Å². The highest BCUT2D eigenvalue weighted by molar-refractivity contribution is 8.24. The van der Waals surface area contributed by atoms with E-state index in [1.807, 2.05) is 112 Å². The zero-order chi connectivity index (χ0) is 59.3. The van der Waals surface area contributed by atoms with Gasteiger partial charge in [-0.15, -0.1) is 0 Å². The molecule has 0 bridgehead atoms. The summed E-state index contributed by atoms with van der Waals surface area (Å²) in [5.74, 6) is -4.30. The van der Waals surface area contributed by atoms with Crippen molar-refractivity contribution in [1.29, 1.82) is 1.28 Å². The average molecular weight is 1150 g/mol. The zero-order valence-corrected chi connectivity index (χ0v) is 49.6. The molecule has 3 heterocycles. The molecule has 0 N–H and O–H groups in total. The molecule has 2 fully saturated rings. The van der Waals surface area contributed by atoms with Crippen LogP contribution < -0.4 is 0 Å². The summed E-state index contributed by atoms with van der Waals surface area (Å²) < 4.78 is 34.1. The summed E-state index contributed by atoms with van der Waals surface area (Å²) in [5.41, 5.74) is 6.60. The van der Waals surface area contributed by atoms with Gasteiger partial charge < -0.3 is 23.4 Å². The van der Waals surface area contributed by atoms with E-state index >= 15 is 0 Å². The molecule has 0 radical (unpaired) electrons. The number of carbonyl (C=O) groups is 8. The monoisotopic (exact) mass is 1150 g/mol. The van der Waals surface area contributed by atoms with Crippen molar-refractivity contribution < 1.29 is 61.7 Å². The normalized spacial score (nSPS) is 16.7. The fourth-order valence-electron chi connectivity index (χ4n) is 9.41. The van der Waals surface area contributed by atoms with Crippen LogP contribution in [0.4, 0.5) is 9.59 Å². The summed E-state index contributed by atoms with van der Waals surface area (Å²) in [6.07, 6.45) is 2.33. The Labute approximate surface area is 479 Å². The van der Waals surface area contributed by atoms with Gasteiger partial charge in [0.1, 0.15) is 24.7 Å². The third kappa shape index (κ3) is 18.0. The Hall–Kier alpha value is -6.99. The molecule has 18 heteroatoms. The van der Waals surface area contributed by atoms with Gasteiger partial charge in [0.15, 0.2) is 42.6 Å². The molecule has 2 aliphatic heterocycles. The summed E-state index contributed by atoms with van der Waals surface area (Å²) in [6.45, 7) is 12.8. The van der Waals surface area contributed by atoms with Gasteiger partial charge in [0.2, 0.25) is 11.8 Å². The number of imide groups is 2. The highest BCUT2D eigenvalue weighted by atomic mass is 32.6. The topological polar surface area (TPSA) is 193 Å². The lowest BCUT2D eigenvalue weighted by Crippen LogP contribution is -2.48. The molecular formula is C62H73N2O13P2S+. The van der Waals surface area contributed by atoms with Crippen LogP contribution in [0.2, 0.25) is 0 Å². The lowest BCUT2D eigenvalue weighted by atomic mass is 9.92. The summed E-state index contributed by atoms with van der Waals surface area (Å²) in [5, 5.41) is 0. The number of Topliss-reactive ketones (excluding diaryl/α,β-unsaturated/α-hetero) is 1. The van der Waals surface area contributed by atoms with Crippen molar-refractivity contribution in [1.82, 2.24) is 9.80 Å². The molecule has 7 rings (SSSR count).